The number of aromatic hydroxyl groups is 1. The highest BCUT2D eigenvalue weighted by atomic mass is 16.3. The molecule has 0 radical (unpaired) electrons. The van der Waals surface area contributed by atoms with Gasteiger partial charge < -0.3 is 15.0 Å². The summed E-state index contributed by atoms with van der Waals surface area (Å²) in [4.78, 5) is 13.1. The second kappa shape index (κ2) is 7.82. The van der Waals surface area contributed by atoms with Gasteiger partial charge in [-0.3, -0.25) is 0 Å². The van der Waals surface area contributed by atoms with Crippen molar-refractivity contribution in [3.63, 3.8) is 0 Å². The maximum atomic E-state index is 9.69. The van der Waals surface area contributed by atoms with E-state index in [2.05, 4.69) is 26.3 Å². The summed E-state index contributed by atoms with van der Waals surface area (Å²) in [5.41, 5.74) is 4.58. The number of nitriles is 1. The normalized spacial score (nSPS) is 10.5. The van der Waals surface area contributed by atoms with E-state index in [9.17, 15) is 5.11 Å². The van der Waals surface area contributed by atoms with Gasteiger partial charge in [-0.1, -0.05) is 12.1 Å². The summed E-state index contributed by atoms with van der Waals surface area (Å²) in [6.45, 7) is 2.69. The number of hydrogen-bond acceptors (Lipinski definition) is 6. The summed E-state index contributed by atoms with van der Waals surface area (Å²) in [6, 6.07) is 16.6. The molecule has 0 bridgehead atoms. The maximum absolute atomic E-state index is 9.69. The van der Waals surface area contributed by atoms with Crippen molar-refractivity contribution in [2.75, 3.05) is 5.32 Å². The number of benzene rings is 2. The summed E-state index contributed by atoms with van der Waals surface area (Å²) in [6.07, 6.45) is 5.47. The number of rotatable bonds is 5. The van der Waals surface area contributed by atoms with Crippen LogP contribution in [0.1, 0.15) is 16.8 Å². The maximum Gasteiger partial charge on any atom is 0.227 e. The Morgan fingerprint density at radius 2 is 2.03 bits per heavy atom. The third kappa shape index (κ3) is 4.22. The molecule has 0 atom stereocenters. The lowest BCUT2D eigenvalue weighted by Crippen LogP contribution is -2.00. The predicted molar refractivity (Wildman–Crippen MR) is 110 cm³/mol. The van der Waals surface area contributed by atoms with Crippen LogP contribution in [0.4, 0.5) is 11.6 Å². The van der Waals surface area contributed by atoms with Crippen LogP contribution in [0, 0.1) is 18.3 Å². The standard InChI is InChI=1S/C22H18N6O/c1-15-12-28(14-25-15)13-16-3-2-4-19(9-16)26-22-24-8-7-20(27-22)17-5-6-21(29)18(10-17)11-23/h2-10,12,14,29H,13H2,1H3,(H,24,26,27). The number of nitrogens with zero attached hydrogens (tertiary/aromatic N) is 5. The van der Waals surface area contributed by atoms with Crippen LogP contribution in [0.5, 0.6) is 5.75 Å². The van der Waals surface area contributed by atoms with Crippen LogP contribution in [-0.2, 0) is 6.54 Å². The van der Waals surface area contributed by atoms with Crippen molar-refractivity contribution in [2.24, 2.45) is 0 Å². The highest BCUT2D eigenvalue weighted by molar-refractivity contribution is 5.65. The Labute approximate surface area is 168 Å². The summed E-state index contributed by atoms with van der Waals surface area (Å²) in [7, 11) is 0. The fraction of sp³-hybridized carbons (Fsp3) is 0.0909. The van der Waals surface area contributed by atoms with Gasteiger partial charge in [0.1, 0.15) is 11.8 Å². The fourth-order valence-corrected chi connectivity index (χ4v) is 3.01. The van der Waals surface area contributed by atoms with Gasteiger partial charge in [0, 0.05) is 30.2 Å². The van der Waals surface area contributed by atoms with Gasteiger partial charge in [-0.2, -0.15) is 5.26 Å². The Morgan fingerprint density at radius 1 is 1.14 bits per heavy atom. The minimum Gasteiger partial charge on any atom is -0.507 e. The minimum atomic E-state index is -0.0476. The van der Waals surface area contributed by atoms with Crippen molar-refractivity contribution in [3.8, 4) is 23.1 Å². The van der Waals surface area contributed by atoms with E-state index in [1.54, 1.807) is 24.4 Å². The molecule has 2 aromatic heterocycles. The van der Waals surface area contributed by atoms with E-state index in [1.807, 2.05) is 48.3 Å². The Kier molecular flexibility index (Phi) is 4.91. The number of aromatic nitrogens is 4. The van der Waals surface area contributed by atoms with Crippen molar-refractivity contribution >= 4 is 11.6 Å². The Hall–Kier alpha value is -4.18. The summed E-state index contributed by atoms with van der Waals surface area (Å²) in [5, 5.41) is 22.0. The molecule has 0 aliphatic heterocycles. The van der Waals surface area contributed by atoms with Crippen LogP contribution < -0.4 is 5.32 Å². The molecule has 0 unspecified atom stereocenters. The second-order valence-corrected chi connectivity index (χ2v) is 6.62. The predicted octanol–water partition coefficient (Wildman–Crippen LogP) is 4.02. The van der Waals surface area contributed by atoms with Gasteiger partial charge in [-0.05, 0) is 48.9 Å². The molecule has 0 saturated carbocycles. The van der Waals surface area contributed by atoms with E-state index < -0.39 is 0 Å². The molecule has 0 saturated heterocycles. The summed E-state index contributed by atoms with van der Waals surface area (Å²) in [5.74, 6) is 0.401. The van der Waals surface area contributed by atoms with Crippen molar-refractivity contribution in [2.45, 2.75) is 13.5 Å². The smallest absolute Gasteiger partial charge is 0.227 e. The van der Waals surface area contributed by atoms with Crippen molar-refractivity contribution in [3.05, 3.63) is 84.1 Å². The summed E-state index contributed by atoms with van der Waals surface area (Å²) < 4.78 is 2.03. The van der Waals surface area contributed by atoms with E-state index in [1.165, 1.54) is 6.07 Å². The van der Waals surface area contributed by atoms with Crippen LogP contribution in [0.25, 0.3) is 11.3 Å². The molecule has 0 fully saturated rings. The number of anilines is 2. The monoisotopic (exact) mass is 382 g/mol. The summed E-state index contributed by atoms with van der Waals surface area (Å²) >= 11 is 0. The van der Waals surface area contributed by atoms with E-state index in [0.717, 1.165) is 29.1 Å². The Morgan fingerprint density at radius 3 is 2.83 bits per heavy atom. The van der Waals surface area contributed by atoms with E-state index in [-0.39, 0.29) is 11.3 Å². The van der Waals surface area contributed by atoms with Gasteiger partial charge in [-0.15, -0.1) is 0 Å². The molecule has 0 amide bonds. The molecule has 7 heteroatoms. The van der Waals surface area contributed by atoms with Crippen LogP contribution in [-0.4, -0.2) is 24.6 Å². The van der Waals surface area contributed by atoms with Crippen molar-refractivity contribution < 1.29 is 5.11 Å². The molecule has 29 heavy (non-hydrogen) atoms. The lowest BCUT2D eigenvalue weighted by atomic mass is 10.1. The molecule has 2 heterocycles. The van der Waals surface area contributed by atoms with Crippen LogP contribution in [0.3, 0.4) is 0 Å². The Bertz CT molecular complexity index is 1210. The average molecular weight is 382 g/mol. The zero-order chi connectivity index (χ0) is 20.2. The molecular formula is C22H18N6O. The number of phenolic OH excluding ortho intramolecular Hbond substituents is 1. The minimum absolute atomic E-state index is 0.0476. The van der Waals surface area contributed by atoms with Crippen molar-refractivity contribution in [1.82, 2.24) is 19.5 Å². The largest absolute Gasteiger partial charge is 0.507 e. The topological polar surface area (TPSA) is 99.7 Å². The lowest BCUT2D eigenvalue weighted by molar-refractivity contribution is 0.473. The molecule has 0 aliphatic rings. The van der Waals surface area contributed by atoms with Gasteiger partial charge in [0.2, 0.25) is 5.95 Å². The van der Waals surface area contributed by atoms with Crippen LogP contribution in [0.2, 0.25) is 0 Å². The third-order valence-corrected chi connectivity index (χ3v) is 4.38. The first-order valence-corrected chi connectivity index (χ1v) is 9.01. The first-order valence-electron chi connectivity index (χ1n) is 9.01. The van der Waals surface area contributed by atoms with E-state index in [4.69, 9.17) is 5.26 Å². The number of hydrogen-bond donors (Lipinski definition) is 2. The van der Waals surface area contributed by atoms with Gasteiger partial charge >= 0.3 is 0 Å². The van der Waals surface area contributed by atoms with Gasteiger partial charge in [0.15, 0.2) is 0 Å². The highest BCUT2D eigenvalue weighted by Gasteiger charge is 2.07. The molecule has 4 aromatic rings. The first-order chi connectivity index (χ1) is 14.1. The zero-order valence-electron chi connectivity index (χ0n) is 15.7. The second-order valence-electron chi connectivity index (χ2n) is 6.62. The first kappa shape index (κ1) is 18.2. The van der Waals surface area contributed by atoms with Gasteiger partial charge in [-0.25, -0.2) is 15.0 Å². The number of phenols is 1. The number of nitrogens with one attached hydrogen (secondary N) is 1. The molecule has 0 aliphatic carbocycles. The molecule has 0 spiro atoms. The van der Waals surface area contributed by atoms with Crippen LogP contribution >= 0.6 is 0 Å². The average Bonchev–Trinajstić information content (AvgIpc) is 3.13. The molecule has 142 valence electrons. The SMILES string of the molecule is Cc1cn(Cc2cccc(Nc3nccc(-c4ccc(O)c(C#N)c4)n3)c2)cn1. The quantitative estimate of drug-likeness (QED) is 0.541. The molecule has 2 N–H and O–H groups in total. The van der Waals surface area contributed by atoms with Gasteiger partial charge in [0.05, 0.1) is 23.3 Å². The molecule has 4 rings (SSSR count). The fourth-order valence-electron chi connectivity index (χ4n) is 3.01. The highest BCUT2D eigenvalue weighted by Crippen LogP contribution is 2.25. The number of imidazole rings is 1. The van der Waals surface area contributed by atoms with Gasteiger partial charge in [0.25, 0.3) is 0 Å². The van der Waals surface area contributed by atoms with Crippen LogP contribution in [0.15, 0.2) is 67.3 Å². The number of aryl methyl sites for hydroxylation is 1. The molecule has 2 aromatic carbocycles. The van der Waals surface area contributed by atoms with E-state index >= 15 is 0 Å². The van der Waals surface area contributed by atoms with E-state index in [0.29, 0.717) is 11.6 Å². The van der Waals surface area contributed by atoms with Crippen molar-refractivity contribution in [1.29, 1.82) is 5.26 Å². The molecular weight excluding hydrogens is 364 g/mol. The Balaban J connectivity index is 1.55. The molecule has 7 nitrogen and oxygen atoms in total. The zero-order valence-corrected chi connectivity index (χ0v) is 15.7. The lowest BCUT2D eigenvalue weighted by Gasteiger charge is -2.09. The third-order valence-electron chi connectivity index (χ3n) is 4.38.